The Morgan fingerprint density at radius 1 is 1.04 bits per heavy atom. The summed E-state index contributed by atoms with van der Waals surface area (Å²) in [5, 5.41) is 7.62. The van der Waals surface area contributed by atoms with E-state index < -0.39 is 0 Å². The number of nitrogens with zero attached hydrogens (tertiary/aromatic N) is 1. The molecule has 1 aromatic heterocycles. The van der Waals surface area contributed by atoms with Crippen molar-refractivity contribution in [2.24, 2.45) is 0 Å². The smallest absolute Gasteiger partial charge is 0.263 e. The summed E-state index contributed by atoms with van der Waals surface area (Å²) in [5.41, 5.74) is 1.93. The first-order valence-corrected chi connectivity index (χ1v) is 9.21. The number of hydrogen-bond donors (Lipinski definition) is 2. The van der Waals surface area contributed by atoms with Gasteiger partial charge in [-0.25, -0.2) is 4.98 Å². The number of thiazole rings is 1. The number of benzene rings is 2. The molecule has 0 aliphatic heterocycles. The Hall–Kier alpha value is -2.37. The quantitative estimate of drug-likeness (QED) is 0.592. The zero-order valence-corrected chi connectivity index (χ0v) is 15.1. The largest absolute Gasteiger partial charge is 0.385 e. The zero-order valence-electron chi connectivity index (χ0n) is 13.5. The lowest BCUT2D eigenvalue weighted by atomic mass is 10.2. The van der Waals surface area contributed by atoms with Crippen LogP contribution in [0.2, 0.25) is 5.02 Å². The Labute approximate surface area is 155 Å². The molecule has 4 nitrogen and oxygen atoms in total. The highest BCUT2D eigenvalue weighted by atomic mass is 35.5. The molecule has 1 amide bonds. The van der Waals surface area contributed by atoms with Crippen LogP contribution >= 0.6 is 22.9 Å². The number of aromatic nitrogens is 1. The molecule has 0 bridgehead atoms. The Morgan fingerprint density at radius 2 is 1.80 bits per heavy atom. The third kappa shape index (κ3) is 4.81. The number of carbonyl (C=O) groups is 1. The number of rotatable bonds is 7. The van der Waals surface area contributed by atoms with Gasteiger partial charge in [0.15, 0.2) is 0 Å². The second-order valence-corrected chi connectivity index (χ2v) is 6.85. The van der Waals surface area contributed by atoms with Gasteiger partial charge in [0.05, 0.1) is 11.2 Å². The van der Waals surface area contributed by atoms with Crippen molar-refractivity contribution >= 4 is 34.5 Å². The first-order chi connectivity index (χ1) is 12.2. The van der Waals surface area contributed by atoms with E-state index in [0.29, 0.717) is 16.4 Å². The molecule has 0 saturated carbocycles. The minimum atomic E-state index is -0.101. The van der Waals surface area contributed by atoms with E-state index in [4.69, 9.17) is 11.6 Å². The summed E-state index contributed by atoms with van der Waals surface area (Å²) in [6.07, 6.45) is 2.44. The minimum Gasteiger partial charge on any atom is -0.385 e. The molecule has 6 heteroatoms. The van der Waals surface area contributed by atoms with E-state index in [0.717, 1.165) is 29.2 Å². The highest BCUT2D eigenvalue weighted by Gasteiger charge is 2.12. The average molecular weight is 372 g/mol. The molecule has 0 spiro atoms. The van der Waals surface area contributed by atoms with Gasteiger partial charge in [0.2, 0.25) is 0 Å². The fourth-order valence-electron chi connectivity index (χ4n) is 2.30. The second kappa shape index (κ2) is 8.65. The van der Waals surface area contributed by atoms with E-state index in [-0.39, 0.29) is 5.91 Å². The third-order valence-corrected chi connectivity index (χ3v) is 4.93. The topological polar surface area (TPSA) is 54.0 Å². The van der Waals surface area contributed by atoms with Crippen LogP contribution in [0.25, 0.3) is 10.6 Å². The van der Waals surface area contributed by atoms with Crippen LogP contribution in [0.4, 0.5) is 5.69 Å². The Bertz CT molecular complexity index is 835. The van der Waals surface area contributed by atoms with Gasteiger partial charge in [0, 0.05) is 24.3 Å². The summed E-state index contributed by atoms with van der Waals surface area (Å²) in [6, 6.07) is 17.5. The van der Waals surface area contributed by atoms with Crippen molar-refractivity contribution in [2.75, 3.05) is 18.4 Å². The van der Waals surface area contributed by atoms with Gasteiger partial charge in [0.1, 0.15) is 9.88 Å². The highest BCUT2D eigenvalue weighted by Crippen LogP contribution is 2.30. The van der Waals surface area contributed by atoms with E-state index in [1.807, 2.05) is 54.6 Å². The lowest BCUT2D eigenvalue weighted by molar-refractivity contribution is 0.0957. The van der Waals surface area contributed by atoms with Crippen molar-refractivity contribution in [3.63, 3.8) is 0 Å². The van der Waals surface area contributed by atoms with Crippen LogP contribution in [0, 0.1) is 0 Å². The molecule has 0 aliphatic rings. The monoisotopic (exact) mass is 371 g/mol. The SMILES string of the molecule is O=C(NCCCNc1ccccc1)c1cnc(-c2ccccc2Cl)s1. The number of halogens is 1. The predicted molar refractivity (Wildman–Crippen MR) is 104 cm³/mol. The molecule has 0 aliphatic carbocycles. The summed E-state index contributed by atoms with van der Waals surface area (Å²) in [5.74, 6) is -0.101. The van der Waals surface area contributed by atoms with Gasteiger partial charge in [-0.05, 0) is 24.6 Å². The van der Waals surface area contributed by atoms with Crippen LogP contribution in [0.1, 0.15) is 16.1 Å². The number of para-hydroxylation sites is 1. The molecular weight excluding hydrogens is 354 g/mol. The molecule has 2 N–H and O–H groups in total. The Kier molecular flexibility index (Phi) is 6.04. The van der Waals surface area contributed by atoms with Crippen molar-refractivity contribution in [3.05, 3.63) is 70.7 Å². The van der Waals surface area contributed by atoms with Crippen molar-refractivity contribution in [1.29, 1.82) is 0 Å². The van der Waals surface area contributed by atoms with E-state index in [1.165, 1.54) is 11.3 Å². The molecule has 0 fully saturated rings. The van der Waals surface area contributed by atoms with Crippen LogP contribution < -0.4 is 10.6 Å². The number of carbonyl (C=O) groups excluding carboxylic acids is 1. The van der Waals surface area contributed by atoms with Gasteiger partial charge in [-0.15, -0.1) is 11.3 Å². The van der Waals surface area contributed by atoms with Crippen molar-refractivity contribution in [3.8, 4) is 10.6 Å². The van der Waals surface area contributed by atoms with Crippen LogP contribution in [0.3, 0.4) is 0 Å². The maximum Gasteiger partial charge on any atom is 0.263 e. The van der Waals surface area contributed by atoms with Gasteiger partial charge >= 0.3 is 0 Å². The van der Waals surface area contributed by atoms with E-state index >= 15 is 0 Å². The number of anilines is 1. The summed E-state index contributed by atoms with van der Waals surface area (Å²) in [7, 11) is 0. The van der Waals surface area contributed by atoms with Gasteiger partial charge in [-0.3, -0.25) is 4.79 Å². The molecule has 25 heavy (non-hydrogen) atoms. The standard InChI is InChI=1S/C19H18ClN3OS/c20-16-10-5-4-9-15(16)19-23-13-17(25-19)18(24)22-12-6-11-21-14-7-2-1-3-8-14/h1-5,7-10,13,21H,6,11-12H2,(H,22,24). The minimum absolute atomic E-state index is 0.101. The molecule has 0 saturated heterocycles. The first-order valence-electron chi connectivity index (χ1n) is 8.02. The van der Waals surface area contributed by atoms with E-state index in [1.54, 1.807) is 6.20 Å². The number of hydrogen-bond acceptors (Lipinski definition) is 4. The van der Waals surface area contributed by atoms with Gasteiger partial charge in [-0.2, -0.15) is 0 Å². The summed E-state index contributed by atoms with van der Waals surface area (Å²) in [4.78, 5) is 17.1. The van der Waals surface area contributed by atoms with Gasteiger partial charge in [-0.1, -0.05) is 48.0 Å². The van der Waals surface area contributed by atoms with E-state index in [9.17, 15) is 4.79 Å². The number of amides is 1. The Balaban J connectivity index is 1.47. The van der Waals surface area contributed by atoms with Crippen molar-refractivity contribution < 1.29 is 4.79 Å². The van der Waals surface area contributed by atoms with Crippen molar-refractivity contribution in [2.45, 2.75) is 6.42 Å². The summed E-state index contributed by atoms with van der Waals surface area (Å²) >= 11 is 7.52. The summed E-state index contributed by atoms with van der Waals surface area (Å²) in [6.45, 7) is 1.41. The third-order valence-electron chi connectivity index (χ3n) is 3.58. The molecule has 128 valence electrons. The van der Waals surface area contributed by atoms with Crippen LogP contribution in [-0.4, -0.2) is 24.0 Å². The molecule has 0 atom stereocenters. The zero-order chi connectivity index (χ0) is 17.5. The normalized spacial score (nSPS) is 10.4. The van der Waals surface area contributed by atoms with Gasteiger partial charge in [0.25, 0.3) is 5.91 Å². The highest BCUT2D eigenvalue weighted by molar-refractivity contribution is 7.17. The molecule has 0 unspecified atom stereocenters. The van der Waals surface area contributed by atoms with Crippen LogP contribution in [0.5, 0.6) is 0 Å². The average Bonchev–Trinajstić information content (AvgIpc) is 3.12. The molecular formula is C19H18ClN3OS. The predicted octanol–water partition coefficient (Wildman–Crippen LogP) is 4.70. The molecule has 0 radical (unpaired) electrons. The molecule has 2 aromatic carbocycles. The maximum absolute atomic E-state index is 12.2. The summed E-state index contributed by atoms with van der Waals surface area (Å²) < 4.78 is 0. The maximum atomic E-state index is 12.2. The second-order valence-electron chi connectivity index (χ2n) is 5.41. The first kappa shape index (κ1) is 17.5. The molecule has 3 rings (SSSR count). The Morgan fingerprint density at radius 3 is 2.60 bits per heavy atom. The lowest BCUT2D eigenvalue weighted by Gasteiger charge is -2.06. The van der Waals surface area contributed by atoms with E-state index in [2.05, 4.69) is 15.6 Å². The van der Waals surface area contributed by atoms with Crippen LogP contribution in [-0.2, 0) is 0 Å². The van der Waals surface area contributed by atoms with Crippen molar-refractivity contribution in [1.82, 2.24) is 10.3 Å². The van der Waals surface area contributed by atoms with Gasteiger partial charge < -0.3 is 10.6 Å². The molecule has 3 aromatic rings. The lowest BCUT2D eigenvalue weighted by Crippen LogP contribution is -2.25. The fraction of sp³-hybridized carbons (Fsp3) is 0.158. The number of nitrogens with one attached hydrogen (secondary N) is 2. The fourth-order valence-corrected chi connectivity index (χ4v) is 3.46. The van der Waals surface area contributed by atoms with Crippen LogP contribution in [0.15, 0.2) is 60.8 Å². The molecule has 1 heterocycles.